The Kier molecular flexibility index (Phi) is 2.37. The van der Waals surface area contributed by atoms with Crippen LogP contribution in [0.2, 0.25) is 0 Å². The highest BCUT2D eigenvalue weighted by Crippen LogP contribution is 2.23. The number of rotatable bonds is 2. The molecule has 3 aromatic rings. The zero-order valence-electron chi connectivity index (χ0n) is 9.84. The molecule has 0 bridgehead atoms. The molecule has 1 aromatic carbocycles. The SMILES string of the molecule is Cc1cc(N)cnc1Nc1ccc2ncoc2c1. The van der Waals surface area contributed by atoms with E-state index >= 15 is 0 Å². The topological polar surface area (TPSA) is 77.0 Å². The molecule has 0 spiro atoms. The van der Waals surface area contributed by atoms with Crippen molar-refractivity contribution in [2.45, 2.75) is 6.92 Å². The predicted octanol–water partition coefficient (Wildman–Crippen LogP) is 2.86. The fourth-order valence-electron chi connectivity index (χ4n) is 1.80. The number of benzene rings is 1. The summed E-state index contributed by atoms with van der Waals surface area (Å²) in [6.45, 7) is 1.96. The summed E-state index contributed by atoms with van der Waals surface area (Å²) in [6.07, 6.45) is 3.06. The number of nitrogens with zero attached hydrogens (tertiary/aromatic N) is 2. The third-order valence-corrected chi connectivity index (χ3v) is 2.69. The second kappa shape index (κ2) is 4.03. The highest BCUT2D eigenvalue weighted by molar-refractivity contribution is 5.78. The van der Waals surface area contributed by atoms with E-state index in [9.17, 15) is 0 Å². The van der Waals surface area contributed by atoms with Gasteiger partial charge in [0.15, 0.2) is 12.0 Å². The molecule has 3 rings (SSSR count). The van der Waals surface area contributed by atoms with Crippen LogP contribution in [0.15, 0.2) is 41.3 Å². The van der Waals surface area contributed by atoms with Crippen LogP contribution in [0.3, 0.4) is 0 Å². The van der Waals surface area contributed by atoms with Gasteiger partial charge >= 0.3 is 0 Å². The number of pyridine rings is 1. The van der Waals surface area contributed by atoms with Crippen molar-refractivity contribution in [3.05, 3.63) is 42.4 Å². The van der Waals surface area contributed by atoms with Gasteiger partial charge in [0.05, 0.1) is 11.9 Å². The van der Waals surface area contributed by atoms with Crippen LogP contribution < -0.4 is 11.1 Å². The molecular formula is C13H12N4O. The minimum absolute atomic E-state index is 0.656. The average molecular weight is 240 g/mol. The highest BCUT2D eigenvalue weighted by Gasteiger charge is 2.03. The lowest BCUT2D eigenvalue weighted by Crippen LogP contribution is -1.97. The number of hydrogen-bond acceptors (Lipinski definition) is 5. The number of aryl methyl sites for hydroxylation is 1. The maximum atomic E-state index is 5.67. The number of nitrogens with two attached hydrogens (primary N) is 1. The Bertz CT molecular complexity index is 705. The molecule has 0 saturated heterocycles. The second-order valence-electron chi connectivity index (χ2n) is 4.09. The predicted molar refractivity (Wildman–Crippen MR) is 70.7 cm³/mol. The van der Waals surface area contributed by atoms with E-state index in [1.54, 1.807) is 6.20 Å². The van der Waals surface area contributed by atoms with Gasteiger partial charge in [0, 0.05) is 11.8 Å². The van der Waals surface area contributed by atoms with Gasteiger partial charge < -0.3 is 15.5 Å². The monoisotopic (exact) mass is 240 g/mol. The van der Waals surface area contributed by atoms with Crippen molar-refractivity contribution in [2.75, 3.05) is 11.1 Å². The zero-order valence-corrected chi connectivity index (χ0v) is 9.84. The van der Waals surface area contributed by atoms with Crippen LogP contribution in [-0.2, 0) is 0 Å². The van der Waals surface area contributed by atoms with Crippen LogP contribution in [0.4, 0.5) is 17.2 Å². The van der Waals surface area contributed by atoms with Crippen molar-refractivity contribution in [3.8, 4) is 0 Å². The Hall–Kier alpha value is -2.56. The molecular weight excluding hydrogens is 228 g/mol. The molecule has 5 nitrogen and oxygen atoms in total. The van der Waals surface area contributed by atoms with E-state index in [4.69, 9.17) is 10.2 Å². The summed E-state index contributed by atoms with van der Waals surface area (Å²) in [5.74, 6) is 0.781. The van der Waals surface area contributed by atoms with E-state index < -0.39 is 0 Å². The summed E-state index contributed by atoms with van der Waals surface area (Å²) in [5.41, 5.74) is 9.80. The molecule has 0 fully saturated rings. The molecule has 2 aromatic heterocycles. The quantitative estimate of drug-likeness (QED) is 0.720. The third-order valence-electron chi connectivity index (χ3n) is 2.69. The van der Waals surface area contributed by atoms with E-state index in [1.807, 2.05) is 31.2 Å². The maximum Gasteiger partial charge on any atom is 0.181 e. The van der Waals surface area contributed by atoms with Gasteiger partial charge in [-0.05, 0) is 30.7 Å². The lowest BCUT2D eigenvalue weighted by molar-refractivity contribution is 0.602. The van der Waals surface area contributed by atoms with E-state index in [-0.39, 0.29) is 0 Å². The Morgan fingerprint density at radius 3 is 2.94 bits per heavy atom. The second-order valence-corrected chi connectivity index (χ2v) is 4.09. The molecule has 0 atom stereocenters. The highest BCUT2D eigenvalue weighted by atomic mass is 16.3. The maximum absolute atomic E-state index is 5.67. The molecule has 18 heavy (non-hydrogen) atoms. The molecule has 0 aliphatic heterocycles. The van der Waals surface area contributed by atoms with Crippen molar-refractivity contribution in [1.82, 2.24) is 9.97 Å². The number of anilines is 3. The van der Waals surface area contributed by atoms with E-state index in [1.165, 1.54) is 6.39 Å². The first-order valence-electron chi connectivity index (χ1n) is 5.55. The molecule has 0 aliphatic carbocycles. The standard InChI is InChI=1S/C13H12N4O/c1-8-4-9(14)6-15-13(8)17-10-2-3-11-12(5-10)18-7-16-11/h2-7H,14H2,1H3,(H,15,17). The summed E-state index contributed by atoms with van der Waals surface area (Å²) >= 11 is 0. The van der Waals surface area contributed by atoms with Crippen LogP contribution in [0, 0.1) is 6.92 Å². The Labute approximate surface area is 104 Å². The summed E-state index contributed by atoms with van der Waals surface area (Å²) in [6, 6.07) is 7.60. The van der Waals surface area contributed by atoms with Gasteiger partial charge in [0.25, 0.3) is 0 Å². The summed E-state index contributed by atoms with van der Waals surface area (Å²) in [5, 5.41) is 3.23. The Morgan fingerprint density at radius 1 is 1.22 bits per heavy atom. The number of nitrogens with one attached hydrogen (secondary N) is 1. The number of aromatic nitrogens is 2. The van der Waals surface area contributed by atoms with Gasteiger partial charge in [0.1, 0.15) is 11.3 Å². The molecule has 2 heterocycles. The smallest absolute Gasteiger partial charge is 0.181 e. The number of oxazole rings is 1. The van der Waals surface area contributed by atoms with Crippen molar-refractivity contribution in [1.29, 1.82) is 0 Å². The largest absolute Gasteiger partial charge is 0.443 e. The van der Waals surface area contributed by atoms with Crippen LogP contribution in [0.1, 0.15) is 5.56 Å². The van der Waals surface area contributed by atoms with Gasteiger partial charge in [-0.25, -0.2) is 9.97 Å². The van der Waals surface area contributed by atoms with Crippen LogP contribution in [0.5, 0.6) is 0 Å². The van der Waals surface area contributed by atoms with Crippen LogP contribution in [-0.4, -0.2) is 9.97 Å². The van der Waals surface area contributed by atoms with Crippen molar-refractivity contribution >= 4 is 28.3 Å². The Morgan fingerprint density at radius 2 is 2.11 bits per heavy atom. The molecule has 90 valence electrons. The first-order valence-corrected chi connectivity index (χ1v) is 5.55. The number of nitrogen functional groups attached to an aromatic ring is 1. The molecule has 0 radical (unpaired) electrons. The van der Waals surface area contributed by atoms with Gasteiger partial charge in [-0.3, -0.25) is 0 Å². The van der Waals surface area contributed by atoms with Gasteiger partial charge in [0.2, 0.25) is 0 Å². The van der Waals surface area contributed by atoms with Gasteiger partial charge in [-0.15, -0.1) is 0 Å². The first kappa shape index (κ1) is 10.6. The minimum Gasteiger partial charge on any atom is -0.443 e. The molecule has 5 heteroatoms. The van der Waals surface area contributed by atoms with Gasteiger partial charge in [-0.1, -0.05) is 0 Å². The summed E-state index contributed by atoms with van der Waals surface area (Å²) in [4.78, 5) is 8.33. The first-order chi connectivity index (χ1) is 8.72. The fourth-order valence-corrected chi connectivity index (χ4v) is 1.80. The Balaban J connectivity index is 1.95. The fraction of sp³-hybridized carbons (Fsp3) is 0.0769. The van der Waals surface area contributed by atoms with Crippen LogP contribution in [0.25, 0.3) is 11.1 Å². The lowest BCUT2D eigenvalue weighted by Gasteiger charge is -2.08. The van der Waals surface area contributed by atoms with Crippen molar-refractivity contribution in [3.63, 3.8) is 0 Å². The zero-order chi connectivity index (χ0) is 12.5. The molecule has 0 unspecified atom stereocenters. The van der Waals surface area contributed by atoms with E-state index in [0.29, 0.717) is 5.69 Å². The van der Waals surface area contributed by atoms with E-state index in [2.05, 4.69) is 15.3 Å². The molecule has 3 N–H and O–H groups in total. The van der Waals surface area contributed by atoms with Crippen molar-refractivity contribution in [2.24, 2.45) is 0 Å². The van der Waals surface area contributed by atoms with E-state index in [0.717, 1.165) is 28.2 Å². The third kappa shape index (κ3) is 1.86. The van der Waals surface area contributed by atoms with Gasteiger partial charge in [-0.2, -0.15) is 0 Å². The average Bonchev–Trinajstić information content (AvgIpc) is 2.80. The number of hydrogen-bond donors (Lipinski definition) is 2. The van der Waals surface area contributed by atoms with Crippen molar-refractivity contribution < 1.29 is 4.42 Å². The normalized spacial score (nSPS) is 10.7. The summed E-state index contributed by atoms with van der Waals surface area (Å²) in [7, 11) is 0. The molecule has 0 saturated carbocycles. The molecule has 0 aliphatic rings. The molecule has 0 amide bonds. The number of fused-ring (bicyclic) bond motifs is 1. The lowest BCUT2D eigenvalue weighted by atomic mass is 10.2. The van der Waals surface area contributed by atoms with Crippen LogP contribution >= 0.6 is 0 Å². The summed E-state index contributed by atoms with van der Waals surface area (Å²) < 4.78 is 5.25. The minimum atomic E-state index is 0.656.